The predicted octanol–water partition coefficient (Wildman–Crippen LogP) is 2.24. The van der Waals surface area contributed by atoms with Gasteiger partial charge in [0.2, 0.25) is 0 Å². The number of carboxylic acids is 1. The van der Waals surface area contributed by atoms with Gasteiger partial charge in [-0.15, -0.1) is 0 Å². The highest BCUT2D eigenvalue weighted by molar-refractivity contribution is 5.88. The molecule has 2 rings (SSSR count). The van der Waals surface area contributed by atoms with Crippen molar-refractivity contribution in [2.24, 2.45) is 0 Å². The summed E-state index contributed by atoms with van der Waals surface area (Å²) in [6.45, 7) is 0. The lowest BCUT2D eigenvalue weighted by atomic mass is 9.93. The van der Waals surface area contributed by atoms with Gasteiger partial charge in [-0.05, 0) is 43.9 Å². The van der Waals surface area contributed by atoms with E-state index < -0.39 is 11.8 Å². The van der Waals surface area contributed by atoms with E-state index in [4.69, 9.17) is 5.11 Å². The number of hydrogen-bond acceptors (Lipinski definition) is 3. The maximum absolute atomic E-state index is 13.6. The second-order valence-electron chi connectivity index (χ2n) is 4.65. The van der Waals surface area contributed by atoms with E-state index in [9.17, 15) is 14.3 Å². The van der Waals surface area contributed by atoms with Gasteiger partial charge in [-0.25, -0.2) is 9.18 Å². The third kappa shape index (κ3) is 2.98. The molecule has 0 spiro atoms. The fourth-order valence-electron chi connectivity index (χ4n) is 2.21. The predicted molar refractivity (Wildman–Crippen MR) is 65.2 cm³/mol. The Balaban J connectivity index is 2.08. The number of aliphatic hydroxyl groups is 1. The van der Waals surface area contributed by atoms with Crippen LogP contribution in [-0.4, -0.2) is 28.3 Å². The molecule has 0 amide bonds. The van der Waals surface area contributed by atoms with Crippen molar-refractivity contribution in [3.05, 3.63) is 29.6 Å². The Bertz CT molecular complexity index is 442. The van der Waals surface area contributed by atoms with Crippen LogP contribution in [0.5, 0.6) is 0 Å². The van der Waals surface area contributed by atoms with Crippen molar-refractivity contribution in [2.75, 3.05) is 5.32 Å². The van der Waals surface area contributed by atoms with Crippen molar-refractivity contribution in [3.8, 4) is 0 Å². The van der Waals surface area contributed by atoms with E-state index >= 15 is 0 Å². The Kier molecular flexibility index (Phi) is 3.81. The fraction of sp³-hybridized carbons (Fsp3) is 0.462. The van der Waals surface area contributed by atoms with Gasteiger partial charge in [-0.2, -0.15) is 0 Å². The van der Waals surface area contributed by atoms with Crippen molar-refractivity contribution >= 4 is 11.7 Å². The molecule has 4 nitrogen and oxygen atoms in total. The zero-order chi connectivity index (χ0) is 13.1. The smallest absolute Gasteiger partial charge is 0.335 e. The molecular weight excluding hydrogens is 237 g/mol. The van der Waals surface area contributed by atoms with E-state index in [2.05, 4.69) is 5.32 Å². The maximum atomic E-state index is 13.6. The van der Waals surface area contributed by atoms with Crippen LogP contribution in [0.3, 0.4) is 0 Å². The van der Waals surface area contributed by atoms with Crippen LogP contribution in [0.2, 0.25) is 0 Å². The first-order valence-electron chi connectivity index (χ1n) is 6.03. The fourth-order valence-corrected chi connectivity index (χ4v) is 2.21. The van der Waals surface area contributed by atoms with Crippen molar-refractivity contribution < 1.29 is 19.4 Å². The first kappa shape index (κ1) is 12.8. The second kappa shape index (κ2) is 5.35. The number of aromatic carboxylic acids is 1. The Labute approximate surface area is 104 Å². The number of halogens is 1. The van der Waals surface area contributed by atoms with E-state index in [0.29, 0.717) is 12.8 Å². The van der Waals surface area contributed by atoms with Crippen LogP contribution in [-0.2, 0) is 0 Å². The summed E-state index contributed by atoms with van der Waals surface area (Å²) in [5.41, 5.74) is 0.283. The van der Waals surface area contributed by atoms with Crippen molar-refractivity contribution in [3.63, 3.8) is 0 Å². The highest BCUT2D eigenvalue weighted by atomic mass is 19.1. The van der Waals surface area contributed by atoms with Gasteiger partial charge in [0.1, 0.15) is 5.82 Å². The topological polar surface area (TPSA) is 69.6 Å². The molecule has 0 aromatic heterocycles. The van der Waals surface area contributed by atoms with Gasteiger partial charge >= 0.3 is 5.97 Å². The average molecular weight is 253 g/mol. The third-order valence-corrected chi connectivity index (χ3v) is 3.27. The SMILES string of the molecule is O=C(O)c1ccc(F)c(NC2CCC(O)CC2)c1. The van der Waals surface area contributed by atoms with Crippen LogP contribution < -0.4 is 5.32 Å². The van der Waals surface area contributed by atoms with Gasteiger partial charge < -0.3 is 15.5 Å². The number of carboxylic acid groups (broad SMARTS) is 1. The van der Waals surface area contributed by atoms with E-state index in [1.165, 1.54) is 12.1 Å². The van der Waals surface area contributed by atoms with Crippen molar-refractivity contribution in [1.82, 2.24) is 0 Å². The lowest BCUT2D eigenvalue weighted by molar-refractivity contribution is 0.0697. The summed E-state index contributed by atoms with van der Waals surface area (Å²) in [6.07, 6.45) is 2.64. The highest BCUT2D eigenvalue weighted by Crippen LogP contribution is 2.24. The Morgan fingerprint density at radius 1 is 1.28 bits per heavy atom. The molecule has 1 aliphatic carbocycles. The van der Waals surface area contributed by atoms with Crippen LogP contribution >= 0.6 is 0 Å². The second-order valence-corrected chi connectivity index (χ2v) is 4.65. The number of rotatable bonds is 3. The van der Waals surface area contributed by atoms with E-state index in [1.54, 1.807) is 0 Å². The molecule has 0 heterocycles. The van der Waals surface area contributed by atoms with E-state index in [0.717, 1.165) is 18.9 Å². The van der Waals surface area contributed by atoms with Gasteiger partial charge in [0, 0.05) is 6.04 Å². The minimum atomic E-state index is -1.07. The zero-order valence-corrected chi connectivity index (χ0v) is 9.90. The molecule has 0 saturated heterocycles. The van der Waals surface area contributed by atoms with Gasteiger partial charge in [0.25, 0.3) is 0 Å². The van der Waals surface area contributed by atoms with E-state index in [-0.39, 0.29) is 23.4 Å². The quantitative estimate of drug-likeness (QED) is 0.772. The van der Waals surface area contributed by atoms with Gasteiger partial charge in [0.05, 0.1) is 17.4 Å². The van der Waals surface area contributed by atoms with Gasteiger partial charge in [-0.3, -0.25) is 0 Å². The number of aliphatic hydroxyl groups excluding tert-OH is 1. The molecule has 0 aliphatic heterocycles. The van der Waals surface area contributed by atoms with Crippen molar-refractivity contribution in [1.29, 1.82) is 0 Å². The first-order valence-corrected chi connectivity index (χ1v) is 6.03. The summed E-state index contributed by atoms with van der Waals surface area (Å²) in [4.78, 5) is 10.8. The minimum absolute atomic E-state index is 0.0646. The first-order chi connectivity index (χ1) is 8.56. The van der Waals surface area contributed by atoms with Crippen LogP contribution in [0, 0.1) is 5.82 Å². The number of nitrogens with one attached hydrogen (secondary N) is 1. The zero-order valence-electron chi connectivity index (χ0n) is 9.90. The van der Waals surface area contributed by atoms with Gasteiger partial charge in [0.15, 0.2) is 0 Å². The van der Waals surface area contributed by atoms with Crippen molar-refractivity contribution in [2.45, 2.75) is 37.8 Å². The number of carbonyl (C=O) groups is 1. The standard InChI is InChI=1S/C13H16FNO3/c14-11-6-1-8(13(17)18)7-12(11)15-9-2-4-10(16)5-3-9/h1,6-7,9-10,15-16H,2-5H2,(H,17,18). The summed E-state index contributed by atoms with van der Waals surface area (Å²) in [5, 5.41) is 21.3. The molecule has 1 aromatic rings. The molecule has 1 saturated carbocycles. The maximum Gasteiger partial charge on any atom is 0.335 e. The van der Waals surface area contributed by atoms with Crippen LogP contribution in [0.25, 0.3) is 0 Å². The molecule has 0 atom stereocenters. The number of hydrogen-bond donors (Lipinski definition) is 3. The highest BCUT2D eigenvalue weighted by Gasteiger charge is 2.20. The monoisotopic (exact) mass is 253 g/mol. The molecule has 98 valence electrons. The largest absolute Gasteiger partial charge is 0.478 e. The molecule has 0 radical (unpaired) electrons. The summed E-state index contributed by atoms with van der Waals surface area (Å²) < 4.78 is 13.6. The number of anilines is 1. The third-order valence-electron chi connectivity index (χ3n) is 3.27. The molecular formula is C13H16FNO3. The number of benzene rings is 1. The Hall–Kier alpha value is -1.62. The molecule has 5 heteroatoms. The molecule has 1 aromatic carbocycles. The molecule has 1 fully saturated rings. The normalized spacial score (nSPS) is 23.7. The summed E-state index contributed by atoms with van der Waals surface area (Å²) in [6, 6.07) is 3.80. The van der Waals surface area contributed by atoms with Crippen LogP contribution in [0.1, 0.15) is 36.0 Å². The van der Waals surface area contributed by atoms with E-state index in [1.807, 2.05) is 0 Å². The summed E-state index contributed by atoms with van der Waals surface area (Å²) >= 11 is 0. The van der Waals surface area contributed by atoms with Crippen LogP contribution in [0.15, 0.2) is 18.2 Å². The molecule has 1 aliphatic rings. The lowest BCUT2D eigenvalue weighted by Crippen LogP contribution is -2.28. The Morgan fingerprint density at radius 2 is 1.94 bits per heavy atom. The molecule has 3 N–H and O–H groups in total. The Morgan fingerprint density at radius 3 is 2.56 bits per heavy atom. The summed E-state index contributed by atoms with van der Waals surface area (Å²) in [7, 11) is 0. The molecule has 0 bridgehead atoms. The lowest BCUT2D eigenvalue weighted by Gasteiger charge is -2.27. The molecule has 0 unspecified atom stereocenters. The minimum Gasteiger partial charge on any atom is -0.478 e. The van der Waals surface area contributed by atoms with Crippen LogP contribution in [0.4, 0.5) is 10.1 Å². The van der Waals surface area contributed by atoms with Gasteiger partial charge in [-0.1, -0.05) is 0 Å². The average Bonchev–Trinajstić information content (AvgIpc) is 2.34. The molecule has 18 heavy (non-hydrogen) atoms. The summed E-state index contributed by atoms with van der Waals surface area (Å²) in [5.74, 6) is -1.52.